The summed E-state index contributed by atoms with van der Waals surface area (Å²) in [5, 5.41) is 8.73. The first-order chi connectivity index (χ1) is 8.20. The second kappa shape index (κ2) is 5.49. The topological polar surface area (TPSA) is 91.8 Å². The highest BCUT2D eigenvalue weighted by Crippen LogP contribution is 2.17. The van der Waals surface area contributed by atoms with Crippen molar-refractivity contribution < 1.29 is 23.1 Å². The van der Waals surface area contributed by atoms with E-state index in [0.29, 0.717) is 0 Å². The molecule has 0 aliphatic rings. The molecule has 8 heteroatoms. The van der Waals surface area contributed by atoms with Crippen molar-refractivity contribution in [3.63, 3.8) is 0 Å². The molecule has 0 bridgehead atoms. The molecule has 1 aromatic rings. The molecule has 0 saturated heterocycles. The molecule has 0 aliphatic heterocycles. The summed E-state index contributed by atoms with van der Waals surface area (Å²) in [7, 11) is -1.65. The zero-order valence-corrected chi connectivity index (χ0v) is 11.5. The van der Waals surface area contributed by atoms with Gasteiger partial charge in [0.15, 0.2) is 0 Å². The van der Waals surface area contributed by atoms with Gasteiger partial charge in [-0.05, 0) is 12.1 Å². The van der Waals surface area contributed by atoms with Gasteiger partial charge in [0.1, 0.15) is 14.7 Å². The Morgan fingerprint density at radius 3 is 2.33 bits per heavy atom. The van der Waals surface area contributed by atoms with Crippen LogP contribution in [0.4, 0.5) is 0 Å². The number of sulfone groups is 1. The summed E-state index contributed by atoms with van der Waals surface area (Å²) >= 11 is 0.871. The Morgan fingerprint density at radius 1 is 1.33 bits per heavy atom. The Bertz CT molecular complexity index is 561. The smallest absolute Gasteiger partial charge is 0.345 e. The van der Waals surface area contributed by atoms with E-state index in [1.165, 1.54) is 24.1 Å². The van der Waals surface area contributed by atoms with Crippen molar-refractivity contribution in [1.29, 1.82) is 0 Å². The van der Waals surface area contributed by atoms with Crippen molar-refractivity contribution in [1.82, 2.24) is 4.90 Å². The number of rotatable bonds is 5. The molecule has 100 valence electrons. The zero-order valence-electron chi connectivity index (χ0n) is 9.91. The van der Waals surface area contributed by atoms with Crippen LogP contribution in [0.5, 0.6) is 0 Å². The Balaban J connectivity index is 2.71. The van der Waals surface area contributed by atoms with Gasteiger partial charge in [-0.3, -0.25) is 4.79 Å². The Labute approximate surface area is 109 Å². The number of thiophene rings is 1. The Hall–Kier alpha value is -1.41. The lowest BCUT2D eigenvalue weighted by Crippen LogP contribution is -2.30. The summed E-state index contributed by atoms with van der Waals surface area (Å²) in [6.45, 7) is 0.0813. The number of carbonyl (C=O) groups is 2. The number of hydrogen-bond donors (Lipinski definition) is 1. The molecule has 1 aromatic heterocycles. The van der Waals surface area contributed by atoms with Gasteiger partial charge in [-0.15, -0.1) is 11.3 Å². The lowest BCUT2D eigenvalue weighted by atomic mass is 10.4. The van der Waals surface area contributed by atoms with Crippen LogP contribution in [0.2, 0.25) is 0 Å². The predicted octanol–water partition coefficient (Wildman–Crippen LogP) is 0.563. The van der Waals surface area contributed by atoms with Gasteiger partial charge in [-0.2, -0.15) is 0 Å². The number of carboxylic acid groups (broad SMARTS) is 1. The van der Waals surface area contributed by atoms with E-state index in [1.807, 2.05) is 0 Å². The van der Waals surface area contributed by atoms with E-state index >= 15 is 0 Å². The SMILES string of the molecule is CN(CCS(C)(=O)=O)C(=O)c1ccc(C(=O)O)s1. The fourth-order valence-electron chi connectivity index (χ4n) is 1.16. The molecule has 0 unspecified atom stereocenters. The molecule has 1 heterocycles. The van der Waals surface area contributed by atoms with Crippen LogP contribution in [0.25, 0.3) is 0 Å². The molecule has 0 aliphatic carbocycles. The normalized spacial score (nSPS) is 11.2. The molecule has 6 nitrogen and oxygen atoms in total. The third-order valence-electron chi connectivity index (χ3n) is 2.17. The van der Waals surface area contributed by atoms with E-state index in [0.717, 1.165) is 17.6 Å². The van der Waals surface area contributed by atoms with Gasteiger partial charge in [-0.1, -0.05) is 0 Å². The van der Waals surface area contributed by atoms with E-state index < -0.39 is 15.8 Å². The van der Waals surface area contributed by atoms with E-state index in [1.54, 1.807) is 0 Å². The van der Waals surface area contributed by atoms with Crippen LogP contribution in [0.3, 0.4) is 0 Å². The third-order valence-corrected chi connectivity index (χ3v) is 4.16. The first kappa shape index (κ1) is 14.7. The van der Waals surface area contributed by atoms with Gasteiger partial charge in [0, 0.05) is 19.8 Å². The van der Waals surface area contributed by atoms with Crippen molar-refractivity contribution in [2.45, 2.75) is 0 Å². The van der Waals surface area contributed by atoms with E-state index in [4.69, 9.17) is 5.11 Å². The van der Waals surface area contributed by atoms with Crippen LogP contribution >= 0.6 is 11.3 Å². The van der Waals surface area contributed by atoms with Crippen LogP contribution in [-0.4, -0.2) is 55.9 Å². The molecule has 0 saturated carbocycles. The molecule has 1 amide bonds. The monoisotopic (exact) mass is 291 g/mol. The molecule has 18 heavy (non-hydrogen) atoms. The minimum Gasteiger partial charge on any atom is -0.477 e. The van der Waals surface area contributed by atoms with E-state index in [2.05, 4.69) is 0 Å². The van der Waals surface area contributed by atoms with Gasteiger partial charge >= 0.3 is 5.97 Å². The number of nitrogens with zero attached hydrogens (tertiary/aromatic N) is 1. The minimum atomic E-state index is -3.13. The van der Waals surface area contributed by atoms with E-state index in [-0.39, 0.29) is 28.0 Å². The fraction of sp³-hybridized carbons (Fsp3) is 0.400. The maximum Gasteiger partial charge on any atom is 0.345 e. The Morgan fingerprint density at radius 2 is 1.89 bits per heavy atom. The highest BCUT2D eigenvalue weighted by atomic mass is 32.2. The van der Waals surface area contributed by atoms with Gasteiger partial charge < -0.3 is 10.0 Å². The highest BCUT2D eigenvalue weighted by Gasteiger charge is 2.17. The van der Waals surface area contributed by atoms with Crippen molar-refractivity contribution in [3.05, 3.63) is 21.9 Å². The molecule has 0 aromatic carbocycles. The largest absolute Gasteiger partial charge is 0.477 e. The molecule has 0 fully saturated rings. The predicted molar refractivity (Wildman–Crippen MR) is 67.9 cm³/mol. The molecule has 1 rings (SSSR count). The van der Waals surface area contributed by atoms with Crippen molar-refractivity contribution in [2.75, 3.05) is 25.6 Å². The lowest BCUT2D eigenvalue weighted by molar-refractivity contribution is 0.0701. The maximum atomic E-state index is 11.8. The van der Waals surface area contributed by atoms with Crippen LogP contribution in [-0.2, 0) is 9.84 Å². The first-order valence-corrected chi connectivity index (χ1v) is 7.85. The van der Waals surface area contributed by atoms with Crippen LogP contribution in [0.15, 0.2) is 12.1 Å². The quantitative estimate of drug-likeness (QED) is 0.856. The standard InChI is InChI=1S/C10H13NO5S2/c1-11(5-6-18(2,15)16)9(12)7-3-4-8(17-7)10(13)14/h3-4H,5-6H2,1-2H3,(H,13,14). The Kier molecular flexibility index (Phi) is 4.47. The summed E-state index contributed by atoms with van der Waals surface area (Å²) < 4.78 is 22.0. The molecular weight excluding hydrogens is 278 g/mol. The summed E-state index contributed by atoms with van der Waals surface area (Å²) in [5.41, 5.74) is 0. The van der Waals surface area contributed by atoms with Crippen molar-refractivity contribution in [2.24, 2.45) is 0 Å². The summed E-state index contributed by atoms with van der Waals surface area (Å²) in [6.07, 6.45) is 1.10. The minimum absolute atomic E-state index is 0.0786. The number of aromatic carboxylic acids is 1. The average molecular weight is 291 g/mol. The first-order valence-electron chi connectivity index (χ1n) is 4.97. The molecule has 1 N–H and O–H groups in total. The van der Waals surface area contributed by atoms with Crippen LogP contribution < -0.4 is 0 Å². The molecule has 0 spiro atoms. The molecular formula is C10H13NO5S2. The van der Waals surface area contributed by atoms with Crippen molar-refractivity contribution >= 4 is 33.1 Å². The van der Waals surface area contributed by atoms with Gasteiger partial charge in [0.05, 0.1) is 10.6 Å². The molecule has 0 radical (unpaired) electrons. The highest BCUT2D eigenvalue weighted by molar-refractivity contribution is 7.90. The number of carbonyl (C=O) groups excluding carboxylic acids is 1. The summed E-state index contributed by atoms with van der Waals surface area (Å²) in [5.74, 6) is -1.58. The summed E-state index contributed by atoms with van der Waals surface area (Å²) in [4.78, 5) is 24.1. The summed E-state index contributed by atoms with van der Waals surface area (Å²) in [6, 6.07) is 2.78. The molecule has 0 atom stereocenters. The van der Waals surface area contributed by atoms with Crippen LogP contribution in [0, 0.1) is 0 Å². The lowest BCUT2D eigenvalue weighted by Gasteiger charge is -2.15. The second-order valence-corrected chi connectivity index (χ2v) is 7.17. The van der Waals surface area contributed by atoms with E-state index in [9.17, 15) is 18.0 Å². The van der Waals surface area contributed by atoms with Gasteiger partial charge in [-0.25, -0.2) is 13.2 Å². The van der Waals surface area contributed by atoms with Crippen molar-refractivity contribution in [3.8, 4) is 0 Å². The maximum absolute atomic E-state index is 11.8. The van der Waals surface area contributed by atoms with Gasteiger partial charge in [0.2, 0.25) is 0 Å². The van der Waals surface area contributed by atoms with Crippen LogP contribution in [0.1, 0.15) is 19.3 Å². The zero-order chi connectivity index (χ0) is 13.9. The third kappa shape index (κ3) is 4.11. The fourth-order valence-corrected chi connectivity index (χ4v) is 2.61. The second-order valence-electron chi connectivity index (χ2n) is 3.83. The van der Waals surface area contributed by atoms with Gasteiger partial charge in [0.25, 0.3) is 5.91 Å². The number of amides is 1. The number of hydrogen-bond acceptors (Lipinski definition) is 5. The average Bonchev–Trinajstić information content (AvgIpc) is 2.73. The number of carboxylic acids is 1.